The average Bonchev–Trinajstić information content (AvgIpc) is 1.90. The van der Waals surface area contributed by atoms with E-state index in [0.29, 0.717) is 5.56 Å². The van der Waals surface area contributed by atoms with Crippen LogP contribution in [0.25, 0.3) is 0 Å². The molecule has 0 spiro atoms. The molecule has 2 nitrogen and oxygen atoms in total. The Bertz CT molecular complexity index is 202. The van der Waals surface area contributed by atoms with E-state index in [1.165, 1.54) is 6.20 Å². The number of hydrogen-bond acceptors (Lipinski definition) is 2. The summed E-state index contributed by atoms with van der Waals surface area (Å²) in [5.41, 5.74) is 0.604. The van der Waals surface area contributed by atoms with Crippen LogP contribution in [0.1, 0.15) is 5.56 Å². The zero-order valence-electron chi connectivity index (χ0n) is 4.91. The normalized spacial score (nSPS) is 7.00. The number of hydrogen-bond donors (Lipinski definition) is 0. The Morgan fingerprint density at radius 1 is 1.56 bits per heavy atom. The van der Waals surface area contributed by atoms with Gasteiger partial charge in [0.15, 0.2) is 0 Å². The quantitative estimate of drug-likeness (QED) is 0.634. The Morgan fingerprint density at radius 2 is 2.33 bits per heavy atom. The molecule has 0 aromatic carbocycles. The molecule has 0 fully saturated rings. The van der Waals surface area contributed by atoms with Crippen molar-refractivity contribution in [3.8, 4) is 6.07 Å². The van der Waals surface area contributed by atoms with Gasteiger partial charge in [-0.15, -0.1) is 0 Å². The second kappa shape index (κ2) is 4.44. The predicted octanol–water partition coefficient (Wildman–Crippen LogP) is 0.0371. The maximum atomic E-state index is 8.25. The number of nitriles is 1. The molecule has 0 N–H and O–H groups in total. The first-order valence-electron chi connectivity index (χ1n) is 2.23. The molecule has 1 rings (SSSR count). The van der Waals surface area contributed by atoms with E-state index in [2.05, 4.69) is 4.98 Å². The molecule has 9 heavy (non-hydrogen) atoms. The summed E-state index contributed by atoms with van der Waals surface area (Å²) in [6.07, 6.45) is 3.17. The molecule has 2 radical (unpaired) electrons. The van der Waals surface area contributed by atoms with E-state index < -0.39 is 0 Å². The summed E-state index contributed by atoms with van der Waals surface area (Å²) in [5.74, 6) is 0. The van der Waals surface area contributed by atoms with Crippen molar-refractivity contribution in [2.45, 2.75) is 0 Å². The summed E-state index contributed by atoms with van der Waals surface area (Å²) in [6, 6.07) is 5.41. The zero-order valence-corrected chi connectivity index (χ0v) is 10.4. The van der Waals surface area contributed by atoms with Crippen LogP contribution in [-0.2, 0) is 0 Å². The average molecular weight is 313 g/mol. The SMILES string of the molecule is N#Cc1cccnc1.[PbH2]. The molecule has 1 aromatic heterocycles. The minimum absolute atomic E-state index is 0. The Labute approximate surface area is 73.7 Å². The summed E-state index contributed by atoms with van der Waals surface area (Å²) in [6.45, 7) is 0. The summed E-state index contributed by atoms with van der Waals surface area (Å²) in [7, 11) is 0. The van der Waals surface area contributed by atoms with Gasteiger partial charge >= 0.3 is 27.3 Å². The summed E-state index contributed by atoms with van der Waals surface area (Å²) in [4.78, 5) is 3.73. The fraction of sp³-hybridized carbons (Fsp3) is 0. The van der Waals surface area contributed by atoms with Crippen molar-refractivity contribution in [1.82, 2.24) is 4.98 Å². The van der Waals surface area contributed by atoms with Gasteiger partial charge < -0.3 is 0 Å². The van der Waals surface area contributed by atoms with E-state index >= 15 is 0 Å². The van der Waals surface area contributed by atoms with E-state index in [-0.39, 0.29) is 27.3 Å². The van der Waals surface area contributed by atoms with Crippen molar-refractivity contribution in [2.75, 3.05) is 0 Å². The second-order valence-corrected chi connectivity index (χ2v) is 1.35. The Morgan fingerprint density at radius 3 is 2.67 bits per heavy atom. The summed E-state index contributed by atoms with van der Waals surface area (Å²) >= 11 is 0. The van der Waals surface area contributed by atoms with E-state index in [4.69, 9.17) is 5.26 Å². The molecule has 1 heterocycles. The van der Waals surface area contributed by atoms with Gasteiger partial charge in [0.25, 0.3) is 0 Å². The van der Waals surface area contributed by atoms with Crippen LogP contribution >= 0.6 is 0 Å². The van der Waals surface area contributed by atoms with Crippen molar-refractivity contribution in [2.24, 2.45) is 0 Å². The van der Waals surface area contributed by atoms with Gasteiger partial charge in [0.1, 0.15) is 6.07 Å². The molecular weight excluding hydrogens is 307 g/mol. The van der Waals surface area contributed by atoms with Crippen LogP contribution in [0.15, 0.2) is 24.5 Å². The molecule has 3 heteroatoms. The third-order valence-electron chi connectivity index (χ3n) is 0.791. The van der Waals surface area contributed by atoms with Crippen molar-refractivity contribution in [3.63, 3.8) is 0 Å². The molecule has 0 aliphatic rings. The first kappa shape index (κ1) is 8.56. The summed E-state index contributed by atoms with van der Waals surface area (Å²) < 4.78 is 0. The van der Waals surface area contributed by atoms with Crippen molar-refractivity contribution in [1.29, 1.82) is 5.26 Å². The molecule has 0 bridgehead atoms. The molecule has 0 aliphatic carbocycles. The minimum atomic E-state index is 0. The molecule has 0 atom stereocenters. The standard InChI is InChI=1S/C6H4N2.Pb.2H/c7-4-6-2-1-3-8-5-6;;;/h1-3,5H;;;. The molecular formula is C6H6N2Pb. The van der Waals surface area contributed by atoms with Gasteiger partial charge in [0, 0.05) is 12.4 Å². The van der Waals surface area contributed by atoms with E-state index in [9.17, 15) is 0 Å². The topological polar surface area (TPSA) is 36.7 Å². The van der Waals surface area contributed by atoms with Crippen LogP contribution in [0.2, 0.25) is 0 Å². The first-order chi connectivity index (χ1) is 3.93. The monoisotopic (exact) mass is 314 g/mol. The molecule has 0 saturated carbocycles. The van der Waals surface area contributed by atoms with Crippen LogP contribution in [0.3, 0.4) is 0 Å². The van der Waals surface area contributed by atoms with Gasteiger partial charge in [0.2, 0.25) is 0 Å². The molecule has 1 aromatic rings. The van der Waals surface area contributed by atoms with Gasteiger partial charge in [-0.05, 0) is 12.1 Å². The van der Waals surface area contributed by atoms with Gasteiger partial charge in [-0.1, -0.05) is 0 Å². The van der Waals surface area contributed by atoms with Crippen LogP contribution in [0, 0.1) is 11.3 Å². The molecule has 0 aliphatic heterocycles. The van der Waals surface area contributed by atoms with Crippen LogP contribution < -0.4 is 0 Å². The van der Waals surface area contributed by atoms with Crippen molar-refractivity contribution >= 4 is 27.3 Å². The van der Waals surface area contributed by atoms with Crippen LogP contribution in [0.4, 0.5) is 0 Å². The van der Waals surface area contributed by atoms with Gasteiger partial charge in [0.05, 0.1) is 5.56 Å². The second-order valence-electron chi connectivity index (χ2n) is 1.35. The number of aromatic nitrogens is 1. The Balaban J connectivity index is 0.000000640. The fourth-order valence-corrected chi connectivity index (χ4v) is 0.429. The van der Waals surface area contributed by atoms with Gasteiger partial charge in [-0.2, -0.15) is 5.26 Å². The van der Waals surface area contributed by atoms with Gasteiger partial charge in [-0.3, -0.25) is 4.98 Å². The maximum absolute atomic E-state index is 8.25. The van der Waals surface area contributed by atoms with E-state index in [0.717, 1.165) is 0 Å². The van der Waals surface area contributed by atoms with E-state index in [1.807, 2.05) is 6.07 Å². The van der Waals surface area contributed by atoms with Crippen molar-refractivity contribution in [3.05, 3.63) is 30.1 Å². The third kappa shape index (κ3) is 2.56. The predicted molar refractivity (Wildman–Crippen MR) is 37.5 cm³/mol. The Hall–Kier alpha value is -0.438. The zero-order chi connectivity index (χ0) is 5.82. The molecule has 44 valence electrons. The molecule has 0 amide bonds. The Kier molecular flexibility index (Phi) is 4.23. The number of nitrogens with zero attached hydrogens (tertiary/aromatic N) is 2. The number of rotatable bonds is 0. The number of pyridine rings is 1. The molecule has 0 unspecified atom stereocenters. The first-order valence-corrected chi connectivity index (χ1v) is 2.23. The summed E-state index contributed by atoms with van der Waals surface area (Å²) in [5, 5.41) is 8.25. The van der Waals surface area contributed by atoms with Crippen LogP contribution in [-0.4, -0.2) is 32.3 Å². The van der Waals surface area contributed by atoms with E-state index in [1.54, 1.807) is 18.3 Å². The molecule has 0 saturated heterocycles. The third-order valence-corrected chi connectivity index (χ3v) is 0.791. The fourth-order valence-electron chi connectivity index (χ4n) is 0.429. The van der Waals surface area contributed by atoms with Crippen LogP contribution in [0.5, 0.6) is 0 Å². The van der Waals surface area contributed by atoms with Gasteiger partial charge in [-0.25, -0.2) is 0 Å². The van der Waals surface area contributed by atoms with Crippen molar-refractivity contribution < 1.29 is 0 Å².